The smallest absolute Gasteiger partial charge is 0.156 e. The quantitative estimate of drug-likeness (QED) is 0.536. The summed E-state index contributed by atoms with van der Waals surface area (Å²) < 4.78 is 3.85. The van der Waals surface area contributed by atoms with Gasteiger partial charge in [0.15, 0.2) is 5.65 Å². The molecule has 4 aromatic rings. The number of rotatable bonds is 2. The molecule has 5 rings (SSSR count). The van der Waals surface area contributed by atoms with Crippen LogP contribution in [0.4, 0.5) is 0 Å². The SMILES string of the molecule is Cc1cc(-c2cc(C3CC3)nn2C)nn2c(C)cnc12.Cc1nccs1. The molecule has 0 aliphatic heterocycles. The normalized spacial score (nSPS) is 13.7. The minimum Gasteiger partial charge on any atom is -0.266 e. The molecule has 4 heterocycles. The molecule has 0 atom stereocenters. The Morgan fingerprint density at radius 3 is 2.50 bits per heavy atom. The highest BCUT2D eigenvalue weighted by Crippen LogP contribution is 2.40. The van der Waals surface area contributed by atoms with E-state index < -0.39 is 0 Å². The Balaban J connectivity index is 0.000000240. The second-order valence-corrected chi connectivity index (χ2v) is 7.85. The van der Waals surface area contributed by atoms with Crippen molar-refractivity contribution >= 4 is 17.0 Å². The summed E-state index contributed by atoms with van der Waals surface area (Å²) in [6.45, 7) is 6.09. The van der Waals surface area contributed by atoms with Gasteiger partial charge in [-0.25, -0.2) is 9.50 Å². The molecule has 1 saturated carbocycles. The summed E-state index contributed by atoms with van der Waals surface area (Å²) in [6.07, 6.45) is 6.20. The fourth-order valence-electron chi connectivity index (χ4n) is 2.96. The molecular weight excluding hydrogens is 344 g/mol. The van der Waals surface area contributed by atoms with E-state index in [2.05, 4.69) is 34.1 Å². The van der Waals surface area contributed by atoms with Crippen molar-refractivity contribution in [2.75, 3.05) is 0 Å². The minimum atomic E-state index is 0.662. The van der Waals surface area contributed by atoms with Crippen molar-refractivity contribution in [1.29, 1.82) is 0 Å². The number of hydrogen-bond donors (Lipinski definition) is 0. The summed E-state index contributed by atoms with van der Waals surface area (Å²) in [4.78, 5) is 8.33. The van der Waals surface area contributed by atoms with Crippen LogP contribution in [0.15, 0.2) is 29.9 Å². The van der Waals surface area contributed by atoms with Crippen molar-refractivity contribution < 1.29 is 0 Å². The van der Waals surface area contributed by atoms with Crippen molar-refractivity contribution in [3.05, 3.63) is 51.9 Å². The molecule has 7 heteroatoms. The Kier molecular flexibility index (Phi) is 4.32. The first-order valence-corrected chi connectivity index (χ1v) is 9.63. The molecule has 1 fully saturated rings. The molecule has 26 heavy (non-hydrogen) atoms. The van der Waals surface area contributed by atoms with Crippen molar-refractivity contribution in [3.8, 4) is 11.4 Å². The number of fused-ring (bicyclic) bond motifs is 1. The Labute approximate surface area is 156 Å². The first-order chi connectivity index (χ1) is 12.5. The van der Waals surface area contributed by atoms with Crippen LogP contribution in [0.5, 0.6) is 0 Å². The Bertz CT molecular complexity index is 1040. The number of aromatic nitrogens is 6. The van der Waals surface area contributed by atoms with Crippen molar-refractivity contribution in [3.63, 3.8) is 0 Å². The van der Waals surface area contributed by atoms with E-state index in [1.54, 1.807) is 17.5 Å². The van der Waals surface area contributed by atoms with Crippen LogP contribution in [-0.4, -0.2) is 29.4 Å². The monoisotopic (exact) mass is 366 g/mol. The molecule has 0 spiro atoms. The third-order valence-electron chi connectivity index (χ3n) is 4.53. The lowest BCUT2D eigenvalue weighted by molar-refractivity contribution is 0.744. The molecule has 1 aliphatic carbocycles. The first kappa shape index (κ1) is 16.9. The summed E-state index contributed by atoms with van der Waals surface area (Å²) in [6, 6.07) is 4.27. The molecule has 0 unspecified atom stereocenters. The predicted molar refractivity (Wildman–Crippen MR) is 103 cm³/mol. The van der Waals surface area contributed by atoms with Crippen molar-refractivity contribution in [2.24, 2.45) is 7.05 Å². The van der Waals surface area contributed by atoms with Gasteiger partial charge in [0.1, 0.15) is 5.69 Å². The Hall–Kier alpha value is -2.54. The van der Waals surface area contributed by atoms with Gasteiger partial charge in [-0.05, 0) is 51.3 Å². The van der Waals surface area contributed by atoms with Crippen molar-refractivity contribution in [2.45, 2.75) is 39.5 Å². The highest BCUT2D eigenvalue weighted by molar-refractivity contribution is 7.09. The lowest BCUT2D eigenvalue weighted by Crippen LogP contribution is -2.02. The summed E-state index contributed by atoms with van der Waals surface area (Å²) in [5.74, 6) is 0.662. The molecule has 0 N–H and O–H groups in total. The van der Waals surface area contributed by atoms with E-state index >= 15 is 0 Å². The first-order valence-electron chi connectivity index (χ1n) is 8.75. The fourth-order valence-corrected chi connectivity index (χ4v) is 3.40. The van der Waals surface area contributed by atoms with Crippen LogP contribution >= 0.6 is 11.3 Å². The third kappa shape index (κ3) is 3.26. The molecule has 0 aromatic carbocycles. The zero-order chi connectivity index (χ0) is 18.3. The average molecular weight is 366 g/mol. The van der Waals surface area contributed by atoms with Gasteiger partial charge in [0.25, 0.3) is 0 Å². The maximum atomic E-state index is 4.71. The molecule has 0 saturated heterocycles. The van der Waals surface area contributed by atoms with Gasteiger partial charge in [0.2, 0.25) is 0 Å². The van der Waals surface area contributed by atoms with Crippen LogP contribution < -0.4 is 0 Å². The van der Waals surface area contributed by atoms with E-state index in [4.69, 9.17) is 5.10 Å². The van der Waals surface area contributed by atoms with Crippen LogP contribution in [0.3, 0.4) is 0 Å². The lowest BCUT2D eigenvalue weighted by atomic mass is 10.2. The standard InChI is InChI=1S/C15H17N5.C4H5NS/c1-9-6-13(18-20-10(2)8-16-15(9)20)14-7-12(11-4-5-11)17-19(14)3;1-4-5-2-3-6-4/h6-8,11H,4-5H2,1-3H3;2-3H,1H3. The van der Waals surface area contributed by atoms with Crippen LogP contribution in [0.25, 0.3) is 17.0 Å². The van der Waals surface area contributed by atoms with Gasteiger partial charge in [-0.15, -0.1) is 11.3 Å². The minimum absolute atomic E-state index is 0.662. The molecule has 0 bridgehead atoms. The predicted octanol–water partition coefficient (Wildman–Crippen LogP) is 4.08. The molecule has 6 nitrogen and oxygen atoms in total. The van der Waals surface area contributed by atoms with E-state index in [1.165, 1.54) is 18.5 Å². The van der Waals surface area contributed by atoms with Gasteiger partial charge in [-0.2, -0.15) is 10.2 Å². The number of imidazole rings is 1. The summed E-state index contributed by atoms with van der Waals surface area (Å²) in [5, 5.41) is 12.4. The van der Waals surface area contributed by atoms with E-state index in [9.17, 15) is 0 Å². The van der Waals surface area contributed by atoms with Crippen LogP contribution in [0.1, 0.15) is 40.7 Å². The van der Waals surface area contributed by atoms with Gasteiger partial charge in [0, 0.05) is 24.5 Å². The maximum absolute atomic E-state index is 4.71. The summed E-state index contributed by atoms with van der Waals surface area (Å²) in [5.41, 5.74) is 6.34. The van der Waals surface area contributed by atoms with Gasteiger partial charge < -0.3 is 0 Å². The van der Waals surface area contributed by atoms with E-state index in [1.807, 2.05) is 41.7 Å². The molecule has 134 valence electrons. The van der Waals surface area contributed by atoms with Gasteiger partial charge in [-0.3, -0.25) is 9.67 Å². The average Bonchev–Trinajstić information content (AvgIpc) is 3.04. The largest absolute Gasteiger partial charge is 0.266 e. The summed E-state index contributed by atoms with van der Waals surface area (Å²) >= 11 is 1.67. The van der Waals surface area contributed by atoms with Crippen LogP contribution in [-0.2, 0) is 7.05 Å². The Morgan fingerprint density at radius 2 is 1.88 bits per heavy atom. The molecule has 4 aromatic heterocycles. The molecular formula is C19H22N6S. The Morgan fingerprint density at radius 1 is 1.08 bits per heavy atom. The molecule has 0 radical (unpaired) electrons. The maximum Gasteiger partial charge on any atom is 0.156 e. The van der Waals surface area contributed by atoms with E-state index in [-0.39, 0.29) is 0 Å². The number of aryl methyl sites for hydroxylation is 4. The number of nitrogens with zero attached hydrogens (tertiary/aromatic N) is 6. The second-order valence-electron chi connectivity index (χ2n) is 6.75. The third-order valence-corrected chi connectivity index (χ3v) is 5.24. The highest BCUT2D eigenvalue weighted by Gasteiger charge is 2.27. The van der Waals surface area contributed by atoms with E-state index in [0.29, 0.717) is 5.92 Å². The number of hydrogen-bond acceptors (Lipinski definition) is 5. The zero-order valence-electron chi connectivity index (χ0n) is 15.5. The van der Waals surface area contributed by atoms with Gasteiger partial charge in [-0.1, -0.05) is 0 Å². The molecule has 1 aliphatic rings. The second kappa shape index (κ2) is 6.64. The highest BCUT2D eigenvalue weighted by atomic mass is 32.1. The topological polar surface area (TPSA) is 60.9 Å². The van der Waals surface area contributed by atoms with Gasteiger partial charge >= 0.3 is 0 Å². The van der Waals surface area contributed by atoms with Gasteiger partial charge in [0.05, 0.1) is 28.3 Å². The van der Waals surface area contributed by atoms with Crippen LogP contribution in [0, 0.1) is 20.8 Å². The molecule has 0 amide bonds. The zero-order valence-corrected chi connectivity index (χ0v) is 16.3. The number of thiazole rings is 1. The van der Waals surface area contributed by atoms with Crippen LogP contribution in [0.2, 0.25) is 0 Å². The summed E-state index contributed by atoms with van der Waals surface area (Å²) in [7, 11) is 1.99. The fraction of sp³-hybridized carbons (Fsp3) is 0.368. The lowest BCUT2D eigenvalue weighted by Gasteiger charge is -2.05. The van der Waals surface area contributed by atoms with E-state index in [0.717, 1.165) is 33.3 Å². The van der Waals surface area contributed by atoms with Crippen molar-refractivity contribution in [1.82, 2.24) is 29.4 Å².